The highest BCUT2D eigenvalue weighted by molar-refractivity contribution is 4.95. The van der Waals surface area contributed by atoms with Crippen LogP contribution in [-0.2, 0) is 0 Å². The summed E-state index contributed by atoms with van der Waals surface area (Å²) in [6, 6.07) is 2.93. The summed E-state index contributed by atoms with van der Waals surface area (Å²) >= 11 is 0. The molecule has 0 radical (unpaired) electrons. The van der Waals surface area contributed by atoms with E-state index in [0.29, 0.717) is 12.6 Å². The molecule has 0 spiro atoms. The van der Waals surface area contributed by atoms with E-state index in [1.165, 1.54) is 19.4 Å². The lowest BCUT2D eigenvalue weighted by molar-refractivity contribution is 0.132. The Kier molecular flexibility index (Phi) is 2.52. The lowest BCUT2D eigenvalue weighted by atomic mass is 9.92. The summed E-state index contributed by atoms with van der Waals surface area (Å²) < 4.78 is 0. The van der Waals surface area contributed by atoms with Gasteiger partial charge in [0.25, 0.3) is 0 Å². The fourth-order valence-electron chi connectivity index (χ4n) is 2.67. The van der Waals surface area contributed by atoms with Gasteiger partial charge in [0.15, 0.2) is 0 Å². The smallest absolute Gasteiger partial charge is 0.0868 e. The summed E-state index contributed by atoms with van der Waals surface area (Å²) in [6.45, 7) is 4.15. The van der Waals surface area contributed by atoms with E-state index in [1.54, 1.807) is 0 Å². The van der Waals surface area contributed by atoms with E-state index in [-0.39, 0.29) is 0 Å². The average molecular weight is 179 g/mol. The zero-order valence-electron chi connectivity index (χ0n) is 8.24. The van der Waals surface area contributed by atoms with Gasteiger partial charge in [0, 0.05) is 12.6 Å². The van der Waals surface area contributed by atoms with Gasteiger partial charge in [0.05, 0.1) is 12.6 Å². The molecule has 0 amide bonds. The van der Waals surface area contributed by atoms with Crippen LogP contribution in [0.4, 0.5) is 0 Å². The molecule has 2 heterocycles. The third kappa shape index (κ3) is 1.70. The highest BCUT2D eigenvalue weighted by Gasteiger charge is 2.36. The Balaban J connectivity index is 1.99. The molecular formula is C10H17N3. The van der Waals surface area contributed by atoms with E-state index in [9.17, 15) is 0 Å². The number of rotatable bonds is 1. The van der Waals surface area contributed by atoms with Gasteiger partial charge in [-0.05, 0) is 38.9 Å². The molecule has 0 aliphatic carbocycles. The van der Waals surface area contributed by atoms with Gasteiger partial charge < -0.3 is 4.90 Å². The predicted molar refractivity (Wildman–Crippen MR) is 51.2 cm³/mol. The van der Waals surface area contributed by atoms with Gasteiger partial charge in [-0.1, -0.05) is 0 Å². The summed E-state index contributed by atoms with van der Waals surface area (Å²) in [7, 11) is 2.18. The SMILES string of the molecule is CN1CCC2CCN(CC#N)C2C1. The molecule has 72 valence electrons. The summed E-state index contributed by atoms with van der Waals surface area (Å²) in [5, 5.41) is 8.68. The van der Waals surface area contributed by atoms with Gasteiger partial charge in [0.1, 0.15) is 0 Å². The number of likely N-dealkylation sites (N-methyl/N-ethyl adjacent to an activating group) is 1. The van der Waals surface area contributed by atoms with Crippen molar-refractivity contribution >= 4 is 0 Å². The Labute approximate surface area is 79.9 Å². The van der Waals surface area contributed by atoms with Crippen LogP contribution in [0.15, 0.2) is 0 Å². The molecule has 2 saturated heterocycles. The highest BCUT2D eigenvalue weighted by Crippen LogP contribution is 2.30. The van der Waals surface area contributed by atoms with Gasteiger partial charge in [-0.25, -0.2) is 0 Å². The molecule has 2 unspecified atom stereocenters. The molecule has 2 aliphatic heterocycles. The molecule has 2 fully saturated rings. The van der Waals surface area contributed by atoms with Crippen LogP contribution in [0.5, 0.6) is 0 Å². The van der Waals surface area contributed by atoms with Crippen molar-refractivity contribution in [2.75, 3.05) is 33.2 Å². The molecule has 3 heteroatoms. The van der Waals surface area contributed by atoms with Gasteiger partial charge in [-0.2, -0.15) is 5.26 Å². The quantitative estimate of drug-likeness (QED) is 0.550. The largest absolute Gasteiger partial charge is 0.305 e. The van der Waals surface area contributed by atoms with E-state index in [1.807, 2.05) is 0 Å². The molecule has 0 aromatic heterocycles. The second kappa shape index (κ2) is 3.65. The van der Waals surface area contributed by atoms with Gasteiger partial charge in [0.2, 0.25) is 0 Å². The van der Waals surface area contributed by atoms with Gasteiger partial charge in [-0.15, -0.1) is 0 Å². The Morgan fingerprint density at radius 1 is 1.38 bits per heavy atom. The Morgan fingerprint density at radius 3 is 2.92 bits per heavy atom. The van der Waals surface area contributed by atoms with Crippen molar-refractivity contribution in [2.45, 2.75) is 18.9 Å². The minimum atomic E-state index is 0.620. The summed E-state index contributed by atoms with van der Waals surface area (Å²) in [5.41, 5.74) is 0. The molecule has 0 saturated carbocycles. The van der Waals surface area contributed by atoms with Crippen LogP contribution in [0.25, 0.3) is 0 Å². The molecule has 0 N–H and O–H groups in total. The second-order valence-electron chi connectivity index (χ2n) is 4.30. The standard InChI is InChI=1S/C10H17N3/c1-12-5-2-9-3-6-13(7-4-11)10(9)8-12/h9-10H,2-3,5-8H2,1H3. The predicted octanol–water partition coefficient (Wildman–Crippen LogP) is 0.536. The van der Waals surface area contributed by atoms with Crippen molar-refractivity contribution in [3.63, 3.8) is 0 Å². The first-order valence-electron chi connectivity index (χ1n) is 5.11. The Bertz CT molecular complexity index is 221. The monoisotopic (exact) mass is 179 g/mol. The maximum Gasteiger partial charge on any atom is 0.0868 e. The lowest BCUT2D eigenvalue weighted by Crippen LogP contribution is -2.46. The molecule has 0 bridgehead atoms. The second-order valence-corrected chi connectivity index (χ2v) is 4.30. The molecule has 2 aliphatic rings. The zero-order valence-corrected chi connectivity index (χ0v) is 8.24. The van der Waals surface area contributed by atoms with Crippen molar-refractivity contribution < 1.29 is 0 Å². The number of hydrogen-bond acceptors (Lipinski definition) is 3. The molecule has 13 heavy (non-hydrogen) atoms. The van der Waals surface area contributed by atoms with Gasteiger partial charge in [-0.3, -0.25) is 4.90 Å². The van der Waals surface area contributed by atoms with E-state index in [2.05, 4.69) is 22.9 Å². The molecule has 2 atom stereocenters. The minimum Gasteiger partial charge on any atom is -0.305 e. The highest BCUT2D eigenvalue weighted by atomic mass is 15.2. The molecule has 0 aromatic carbocycles. The van der Waals surface area contributed by atoms with Crippen LogP contribution in [0, 0.1) is 17.2 Å². The third-order valence-corrected chi connectivity index (χ3v) is 3.45. The molecule has 0 aromatic rings. The van der Waals surface area contributed by atoms with Crippen LogP contribution in [0.1, 0.15) is 12.8 Å². The lowest BCUT2D eigenvalue weighted by Gasteiger charge is -2.35. The Hall–Kier alpha value is -0.590. The maximum absolute atomic E-state index is 8.68. The average Bonchev–Trinajstić information content (AvgIpc) is 2.49. The first-order valence-corrected chi connectivity index (χ1v) is 5.11. The number of piperidine rings is 1. The van der Waals surface area contributed by atoms with Crippen LogP contribution in [0.2, 0.25) is 0 Å². The zero-order chi connectivity index (χ0) is 9.26. The number of hydrogen-bond donors (Lipinski definition) is 0. The van der Waals surface area contributed by atoms with E-state index >= 15 is 0 Å². The minimum absolute atomic E-state index is 0.620. The van der Waals surface area contributed by atoms with E-state index in [4.69, 9.17) is 5.26 Å². The van der Waals surface area contributed by atoms with Crippen LogP contribution >= 0.6 is 0 Å². The van der Waals surface area contributed by atoms with Gasteiger partial charge >= 0.3 is 0 Å². The Morgan fingerprint density at radius 2 is 2.15 bits per heavy atom. The summed E-state index contributed by atoms with van der Waals surface area (Å²) in [5.74, 6) is 0.865. The number of fused-ring (bicyclic) bond motifs is 1. The van der Waals surface area contributed by atoms with Crippen molar-refractivity contribution in [3.05, 3.63) is 0 Å². The molecule has 3 nitrogen and oxygen atoms in total. The summed E-state index contributed by atoms with van der Waals surface area (Å²) in [6.07, 6.45) is 2.63. The third-order valence-electron chi connectivity index (χ3n) is 3.45. The van der Waals surface area contributed by atoms with Crippen molar-refractivity contribution in [2.24, 2.45) is 5.92 Å². The van der Waals surface area contributed by atoms with Crippen molar-refractivity contribution in [3.8, 4) is 6.07 Å². The number of likely N-dealkylation sites (tertiary alicyclic amines) is 2. The fraction of sp³-hybridized carbons (Fsp3) is 0.900. The fourth-order valence-corrected chi connectivity index (χ4v) is 2.67. The summed E-state index contributed by atoms with van der Waals surface area (Å²) in [4.78, 5) is 4.73. The first-order chi connectivity index (χ1) is 6.31. The van der Waals surface area contributed by atoms with Crippen LogP contribution in [0.3, 0.4) is 0 Å². The first kappa shape index (κ1) is 8.98. The normalized spacial score (nSPS) is 35.7. The number of nitrogens with zero attached hydrogens (tertiary/aromatic N) is 3. The van der Waals surface area contributed by atoms with Crippen LogP contribution < -0.4 is 0 Å². The van der Waals surface area contributed by atoms with Crippen LogP contribution in [-0.4, -0.2) is 49.1 Å². The van der Waals surface area contributed by atoms with E-state index < -0.39 is 0 Å². The van der Waals surface area contributed by atoms with Crippen molar-refractivity contribution in [1.29, 1.82) is 5.26 Å². The maximum atomic E-state index is 8.68. The van der Waals surface area contributed by atoms with E-state index in [0.717, 1.165) is 19.0 Å². The topological polar surface area (TPSA) is 30.3 Å². The molecular weight excluding hydrogens is 162 g/mol. The van der Waals surface area contributed by atoms with Crippen molar-refractivity contribution in [1.82, 2.24) is 9.80 Å². The number of nitriles is 1. The molecule has 2 rings (SSSR count).